The number of nitro groups is 1. The maximum Gasteiger partial charge on any atom is 0.308 e. The first-order valence-corrected chi connectivity index (χ1v) is 6.62. The molecular weight excluding hydrogens is 276 g/mol. The Labute approximate surface area is 122 Å². The van der Waals surface area contributed by atoms with E-state index in [0.717, 1.165) is 0 Å². The van der Waals surface area contributed by atoms with Crippen LogP contribution in [0, 0.1) is 23.0 Å². The Morgan fingerprint density at radius 2 is 2.05 bits per heavy atom. The number of carboxylic acid groups (broad SMARTS) is 1. The molecule has 0 heterocycles. The van der Waals surface area contributed by atoms with Crippen molar-refractivity contribution in [1.82, 2.24) is 5.32 Å². The quantitative estimate of drug-likeness (QED) is 0.591. The Bertz CT molecular complexity index is 556. The standard InChI is InChI=1S/C14H18N2O5/c1-3-4-10(14(18)19)8-15-13(17)11-5-9(2)6-12(7-11)16(20)21/h5-7,10H,3-4,8H2,1-2H3,(H,15,17)(H,18,19). The van der Waals surface area contributed by atoms with Gasteiger partial charge in [-0.3, -0.25) is 19.7 Å². The number of aliphatic carboxylic acids is 1. The van der Waals surface area contributed by atoms with Crippen LogP contribution in [-0.4, -0.2) is 28.5 Å². The summed E-state index contributed by atoms with van der Waals surface area (Å²) in [6, 6.07) is 4.07. The molecule has 1 aromatic rings. The molecule has 1 aromatic carbocycles. The smallest absolute Gasteiger partial charge is 0.308 e. The van der Waals surface area contributed by atoms with Gasteiger partial charge in [0.1, 0.15) is 0 Å². The van der Waals surface area contributed by atoms with Crippen LogP contribution >= 0.6 is 0 Å². The molecule has 0 radical (unpaired) electrons. The number of carboxylic acids is 1. The summed E-state index contributed by atoms with van der Waals surface area (Å²) in [6.07, 6.45) is 1.16. The zero-order valence-corrected chi connectivity index (χ0v) is 12.0. The molecule has 0 bridgehead atoms. The van der Waals surface area contributed by atoms with Crippen molar-refractivity contribution < 1.29 is 19.6 Å². The lowest BCUT2D eigenvalue weighted by atomic mass is 10.0. The Hall–Kier alpha value is -2.44. The molecule has 2 N–H and O–H groups in total. The highest BCUT2D eigenvalue weighted by molar-refractivity contribution is 5.95. The largest absolute Gasteiger partial charge is 0.481 e. The normalized spacial score (nSPS) is 11.7. The van der Waals surface area contributed by atoms with Crippen LogP contribution in [0.25, 0.3) is 0 Å². The summed E-state index contributed by atoms with van der Waals surface area (Å²) in [5.41, 5.74) is 0.587. The van der Waals surface area contributed by atoms with Crippen molar-refractivity contribution >= 4 is 17.6 Å². The van der Waals surface area contributed by atoms with E-state index >= 15 is 0 Å². The molecule has 0 aromatic heterocycles. The zero-order chi connectivity index (χ0) is 16.0. The van der Waals surface area contributed by atoms with Crippen molar-refractivity contribution in [2.75, 3.05) is 6.54 Å². The third kappa shape index (κ3) is 4.87. The summed E-state index contributed by atoms with van der Waals surface area (Å²) < 4.78 is 0. The van der Waals surface area contributed by atoms with Gasteiger partial charge < -0.3 is 10.4 Å². The van der Waals surface area contributed by atoms with Gasteiger partial charge in [-0.15, -0.1) is 0 Å². The number of nitrogens with zero attached hydrogens (tertiary/aromatic N) is 1. The molecule has 21 heavy (non-hydrogen) atoms. The van der Waals surface area contributed by atoms with E-state index in [0.29, 0.717) is 18.4 Å². The monoisotopic (exact) mass is 294 g/mol. The van der Waals surface area contributed by atoms with Crippen molar-refractivity contribution in [2.24, 2.45) is 5.92 Å². The molecule has 1 rings (SSSR count). The van der Waals surface area contributed by atoms with E-state index in [1.54, 1.807) is 6.92 Å². The van der Waals surface area contributed by atoms with Crippen LogP contribution in [0.2, 0.25) is 0 Å². The lowest BCUT2D eigenvalue weighted by Crippen LogP contribution is -2.33. The Balaban J connectivity index is 2.80. The molecular formula is C14H18N2O5. The maximum absolute atomic E-state index is 12.0. The van der Waals surface area contributed by atoms with Crippen LogP contribution in [0.1, 0.15) is 35.7 Å². The predicted octanol–water partition coefficient (Wildman–Crippen LogP) is 2.13. The highest BCUT2D eigenvalue weighted by Gasteiger charge is 2.19. The molecule has 0 saturated carbocycles. The molecule has 0 spiro atoms. The predicted molar refractivity (Wildman–Crippen MR) is 76.2 cm³/mol. The molecule has 7 heteroatoms. The van der Waals surface area contributed by atoms with Gasteiger partial charge in [0, 0.05) is 24.2 Å². The van der Waals surface area contributed by atoms with Gasteiger partial charge in [0.2, 0.25) is 0 Å². The number of hydrogen-bond acceptors (Lipinski definition) is 4. The molecule has 114 valence electrons. The Morgan fingerprint density at radius 3 is 2.57 bits per heavy atom. The highest BCUT2D eigenvalue weighted by Crippen LogP contribution is 2.17. The first kappa shape index (κ1) is 16.6. The fourth-order valence-corrected chi connectivity index (χ4v) is 1.98. The summed E-state index contributed by atoms with van der Waals surface area (Å²) in [5.74, 6) is -2.13. The van der Waals surface area contributed by atoms with Gasteiger partial charge in [0.05, 0.1) is 10.8 Å². The third-order valence-corrected chi connectivity index (χ3v) is 3.03. The van der Waals surface area contributed by atoms with Gasteiger partial charge in [-0.2, -0.15) is 0 Å². The molecule has 0 fully saturated rings. The van der Waals surface area contributed by atoms with Crippen molar-refractivity contribution in [3.8, 4) is 0 Å². The minimum Gasteiger partial charge on any atom is -0.481 e. The zero-order valence-electron chi connectivity index (χ0n) is 12.0. The molecule has 1 amide bonds. The van der Waals surface area contributed by atoms with Crippen molar-refractivity contribution in [1.29, 1.82) is 0 Å². The molecule has 0 aliphatic heterocycles. The minimum atomic E-state index is -0.965. The fourth-order valence-electron chi connectivity index (χ4n) is 1.98. The minimum absolute atomic E-state index is 0.00372. The van der Waals surface area contributed by atoms with Crippen LogP contribution in [0.15, 0.2) is 18.2 Å². The van der Waals surface area contributed by atoms with Gasteiger partial charge in [0.25, 0.3) is 11.6 Å². The van der Waals surface area contributed by atoms with E-state index in [1.807, 2.05) is 6.92 Å². The fraction of sp³-hybridized carbons (Fsp3) is 0.429. The lowest BCUT2D eigenvalue weighted by molar-refractivity contribution is -0.384. The summed E-state index contributed by atoms with van der Waals surface area (Å²) in [5, 5.41) is 22.3. The van der Waals surface area contributed by atoms with Gasteiger partial charge in [0.15, 0.2) is 0 Å². The topological polar surface area (TPSA) is 110 Å². The second-order valence-corrected chi connectivity index (χ2v) is 4.85. The number of hydrogen-bond donors (Lipinski definition) is 2. The average molecular weight is 294 g/mol. The van der Waals surface area contributed by atoms with E-state index in [1.165, 1.54) is 18.2 Å². The number of aryl methyl sites for hydroxylation is 1. The average Bonchev–Trinajstić information content (AvgIpc) is 2.41. The van der Waals surface area contributed by atoms with Crippen LogP contribution in [0.5, 0.6) is 0 Å². The number of carbonyl (C=O) groups excluding carboxylic acids is 1. The number of non-ortho nitro benzene ring substituents is 1. The number of benzene rings is 1. The third-order valence-electron chi connectivity index (χ3n) is 3.03. The van der Waals surface area contributed by atoms with Crippen molar-refractivity contribution in [3.05, 3.63) is 39.4 Å². The van der Waals surface area contributed by atoms with E-state index in [-0.39, 0.29) is 17.8 Å². The number of rotatable bonds is 7. The van der Waals surface area contributed by atoms with E-state index < -0.39 is 22.7 Å². The summed E-state index contributed by atoms with van der Waals surface area (Å²) >= 11 is 0. The van der Waals surface area contributed by atoms with Crippen molar-refractivity contribution in [2.45, 2.75) is 26.7 Å². The molecule has 0 saturated heterocycles. The molecule has 1 atom stereocenters. The van der Waals surface area contributed by atoms with Gasteiger partial charge in [-0.1, -0.05) is 13.3 Å². The maximum atomic E-state index is 12.0. The highest BCUT2D eigenvalue weighted by atomic mass is 16.6. The molecule has 0 aliphatic carbocycles. The van der Waals surface area contributed by atoms with E-state index in [2.05, 4.69) is 5.32 Å². The van der Waals surface area contributed by atoms with Crippen LogP contribution in [0.3, 0.4) is 0 Å². The molecule has 1 unspecified atom stereocenters. The number of carbonyl (C=O) groups is 2. The summed E-state index contributed by atoms with van der Waals surface area (Å²) in [7, 11) is 0. The SMILES string of the molecule is CCCC(CNC(=O)c1cc(C)cc([N+](=O)[O-])c1)C(=O)O. The van der Waals surface area contributed by atoms with Gasteiger partial charge in [-0.25, -0.2) is 0 Å². The number of nitrogens with one attached hydrogen (secondary N) is 1. The second kappa shape index (κ2) is 7.37. The lowest BCUT2D eigenvalue weighted by Gasteiger charge is -2.12. The Morgan fingerprint density at radius 1 is 1.38 bits per heavy atom. The van der Waals surface area contributed by atoms with E-state index in [9.17, 15) is 19.7 Å². The Kier molecular flexibility index (Phi) is 5.83. The molecule has 0 aliphatic rings. The summed E-state index contributed by atoms with van der Waals surface area (Å²) in [6.45, 7) is 3.52. The first-order valence-electron chi connectivity index (χ1n) is 6.62. The van der Waals surface area contributed by atoms with Gasteiger partial charge in [-0.05, 0) is 25.0 Å². The van der Waals surface area contributed by atoms with Crippen LogP contribution in [0.4, 0.5) is 5.69 Å². The molecule has 7 nitrogen and oxygen atoms in total. The van der Waals surface area contributed by atoms with Crippen molar-refractivity contribution in [3.63, 3.8) is 0 Å². The second-order valence-electron chi connectivity index (χ2n) is 4.85. The number of nitro benzene ring substituents is 1. The van der Waals surface area contributed by atoms with E-state index in [4.69, 9.17) is 5.11 Å². The van der Waals surface area contributed by atoms with Gasteiger partial charge >= 0.3 is 5.97 Å². The first-order chi connectivity index (χ1) is 9.85. The van der Waals surface area contributed by atoms with Crippen LogP contribution in [-0.2, 0) is 4.79 Å². The summed E-state index contributed by atoms with van der Waals surface area (Å²) in [4.78, 5) is 33.2. The number of amides is 1. The van der Waals surface area contributed by atoms with Crippen LogP contribution < -0.4 is 5.32 Å².